The molecule has 0 atom stereocenters. The van der Waals surface area contributed by atoms with Gasteiger partial charge >= 0.3 is 5.97 Å². The van der Waals surface area contributed by atoms with Crippen LogP contribution in [0.25, 0.3) is 6.08 Å². The quantitative estimate of drug-likeness (QED) is 0.450. The molecule has 0 heterocycles. The standard InChI is InChI=1S/C22H26N2O4/c1-22(2,3)28-20(26)13-12-15-8-10-16(11-9-15)14-19(25)24-17-6-5-7-18(27-4)21(17)23/h5-13H,14,23H2,1-4H3,(H,24,25). The van der Waals surface area contributed by atoms with Crippen LogP contribution in [0.15, 0.2) is 48.5 Å². The fourth-order valence-corrected chi connectivity index (χ4v) is 2.46. The van der Waals surface area contributed by atoms with Crippen molar-refractivity contribution in [1.82, 2.24) is 0 Å². The second kappa shape index (κ2) is 9.08. The van der Waals surface area contributed by atoms with Crippen LogP contribution in [0.4, 0.5) is 11.4 Å². The van der Waals surface area contributed by atoms with E-state index >= 15 is 0 Å². The van der Waals surface area contributed by atoms with E-state index < -0.39 is 11.6 Å². The summed E-state index contributed by atoms with van der Waals surface area (Å²) in [7, 11) is 1.52. The number of methoxy groups -OCH3 is 1. The zero-order valence-corrected chi connectivity index (χ0v) is 16.6. The second-order valence-corrected chi connectivity index (χ2v) is 7.25. The molecular formula is C22H26N2O4. The number of ether oxygens (including phenoxy) is 2. The van der Waals surface area contributed by atoms with Crippen molar-refractivity contribution in [3.8, 4) is 5.75 Å². The summed E-state index contributed by atoms with van der Waals surface area (Å²) in [6, 6.07) is 12.6. The lowest BCUT2D eigenvalue weighted by Crippen LogP contribution is -2.22. The summed E-state index contributed by atoms with van der Waals surface area (Å²) < 4.78 is 10.4. The number of carbonyl (C=O) groups is 2. The molecule has 2 rings (SSSR count). The number of amides is 1. The molecule has 0 unspecified atom stereocenters. The highest BCUT2D eigenvalue weighted by Crippen LogP contribution is 2.29. The van der Waals surface area contributed by atoms with Crippen molar-refractivity contribution in [2.45, 2.75) is 32.8 Å². The average Bonchev–Trinajstić information content (AvgIpc) is 2.61. The lowest BCUT2D eigenvalue weighted by atomic mass is 10.1. The first-order valence-electron chi connectivity index (χ1n) is 8.90. The second-order valence-electron chi connectivity index (χ2n) is 7.25. The molecule has 1 amide bonds. The maximum absolute atomic E-state index is 12.3. The SMILES string of the molecule is COc1cccc(NC(=O)Cc2ccc(C=CC(=O)OC(C)(C)C)cc2)c1N. The number of nitrogens with two attached hydrogens (primary N) is 1. The Morgan fingerprint density at radius 3 is 2.39 bits per heavy atom. The summed E-state index contributed by atoms with van der Waals surface area (Å²) in [4.78, 5) is 24.0. The van der Waals surface area contributed by atoms with Crippen molar-refractivity contribution < 1.29 is 19.1 Å². The minimum atomic E-state index is -0.523. The van der Waals surface area contributed by atoms with Crippen molar-refractivity contribution >= 4 is 29.3 Å². The van der Waals surface area contributed by atoms with Crippen LogP contribution in [-0.2, 0) is 20.7 Å². The van der Waals surface area contributed by atoms with Gasteiger partial charge in [0.25, 0.3) is 0 Å². The molecule has 6 heteroatoms. The van der Waals surface area contributed by atoms with Gasteiger partial charge in [-0.15, -0.1) is 0 Å². The van der Waals surface area contributed by atoms with Crippen LogP contribution in [0.1, 0.15) is 31.9 Å². The van der Waals surface area contributed by atoms with Gasteiger partial charge in [0.2, 0.25) is 5.91 Å². The smallest absolute Gasteiger partial charge is 0.331 e. The number of benzene rings is 2. The van der Waals surface area contributed by atoms with Crippen LogP contribution in [0.2, 0.25) is 0 Å². The summed E-state index contributed by atoms with van der Waals surface area (Å²) in [5, 5.41) is 2.79. The maximum Gasteiger partial charge on any atom is 0.331 e. The number of rotatable bonds is 6. The van der Waals surface area contributed by atoms with Crippen LogP contribution in [0, 0.1) is 0 Å². The predicted octanol–water partition coefficient (Wildman–Crippen LogP) is 3.81. The number of hydrogen-bond acceptors (Lipinski definition) is 5. The van der Waals surface area contributed by atoms with Crippen LogP contribution >= 0.6 is 0 Å². The molecule has 0 bridgehead atoms. The minimum Gasteiger partial charge on any atom is -0.495 e. The van der Waals surface area contributed by atoms with Gasteiger partial charge in [-0.1, -0.05) is 30.3 Å². The molecule has 0 aliphatic heterocycles. The Morgan fingerprint density at radius 2 is 1.79 bits per heavy atom. The van der Waals surface area contributed by atoms with E-state index in [1.165, 1.54) is 13.2 Å². The number of para-hydroxylation sites is 1. The normalized spacial score (nSPS) is 11.3. The molecule has 0 aromatic heterocycles. The lowest BCUT2D eigenvalue weighted by Gasteiger charge is -2.17. The largest absolute Gasteiger partial charge is 0.495 e. The fourth-order valence-electron chi connectivity index (χ4n) is 2.46. The summed E-state index contributed by atoms with van der Waals surface area (Å²) >= 11 is 0. The van der Waals surface area contributed by atoms with Gasteiger partial charge in [0.1, 0.15) is 11.4 Å². The van der Waals surface area contributed by atoms with E-state index in [-0.39, 0.29) is 12.3 Å². The van der Waals surface area contributed by atoms with Crippen LogP contribution < -0.4 is 15.8 Å². The first kappa shape index (κ1) is 21.0. The van der Waals surface area contributed by atoms with Crippen molar-refractivity contribution in [1.29, 1.82) is 0 Å². The zero-order valence-electron chi connectivity index (χ0n) is 16.6. The van der Waals surface area contributed by atoms with Crippen molar-refractivity contribution in [2.24, 2.45) is 0 Å². The maximum atomic E-state index is 12.3. The molecular weight excluding hydrogens is 356 g/mol. The number of nitrogens with one attached hydrogen (secondary N) is 1. The van der Waals surface area contributed by atoms with E-state index in [0.717, 1.165) is 11.1 Å². The summed E-state index contributed by atoms with van der Waals surface area (Å²) in [5.41, 5.74) is 8.03. The third-order valence-corrected chi connectivity index (χ3v) is 3.72. The van der Waals surface area contributed by atoms with E-state index in [1.54, 1.807) is 24.3 Å². The third-order valence-electron chi connectivity index (χ3n) is 3.72. The van der Waals surface area contributed by atoms with Gasteiger partial charge in [0, 0.05) is 6.08 Å². The molecule has 0 fully saturated rings. The first-order chi connectivity index (χ1) is 13.2. The Bertz CT molecular complexity index is 865. The van der Waals surface area contributed by atoms with Crippen LogP contribution in [0.5, 0.6) is 5.75 Å². The average molecular weight is 382 g/mol. The number of nitrogen functional groups attached to an aromatic ring is 1. The molecule has 2 aromatic rings. The van der Waals surface area contributed by atoms with E-state index in [2.05, 4.69) is 5.32 Å². The molecule has 0 saturated carbocycles. The molecule has 0 aliphatic rings. The van der Waals surface area contributed by atoms with Gasteiger partial charge in [-0.2, -0.15) is 0 Å². The van der Waals surface area contributed by atoms with E-state index in [0.29, 0.717) is 17.1 Å². The molecule has 2 aromatic carbocycles. The zero-order chi connectivity index (χ0) is 20.7. The molecule has 0 radical (unpaired) electrons. The number of anilines is 2. The van der Waals surface area contributed by atoms with E-state index in [4.69, 9.17) is 15.2 Å². The van der Waals surface area contributed by atoms with Crippen LogP contribution in [-0.4, -0.2) is 24.6 Å². The summed E-state index contributed by atoms with van der Waals surface area (Å²) in [6.07, 6.45) is 3.26. The Hall–Kier alpha value is -3.28. The molecule has 6 nitrogen and oxygen atoms in total. The van der Waals surface area contributed by atoms with Crippen molar-refractivity contribution in [2.75, 3.05) is 18.2 Å². The Morgan fingerprint density at radius 1 is 1.11 bits per heavy atom. The van der Waals surface area contributed by atoms with E-state index in [1.807, 2.05) is 45.0 Å². The monoisotopic (exact) mass is 382 g/mol. The molecule has 148 valence electrons. The molecule has 3 N–H and O–H groups in total. The Labute approximate surface area is 165 Å². The van der Waals surface area contributed by atoms with Gasteiger partial charge in [-0.05, 0) is 50.1 Å². The topological polar surface area (TPSA) is 90.6 Å². The fraction of sp³-hybridized carbons (Fsp3) is 0.273. The van der Waals surface area contributed by atoms with Gasteiger partial charge < -0.3 is 20.5 Å². The Balaban J connectivity index is 1.95. The Kier molecular flexibility index (Phi) is 6.82. The summed E-state index contributed by atoms with van der Waals surface area (Å²) in [6.45, 7) is 5.45. The van der Waals surface area contributed by atoms with Gasteiger partial charge in [0.15, 0.2) is 0 Å². The van der Waals surface area contributed by atoms with Crippen molar-refractivity contribution in [3.63, 3.8) is 0 Å². The van der Waals surface area contributed by atoms with Crippen molar-refractivity contribution in [3.05, 3.63) is 59.7 Å². The molecule has 0 spiro atoms. The molecule has 0 aliphatic carbocycles. The number of esters is 1. The molecule has 28 heavy (non-hydrogen) atoms. The number of carbonyl (C=O) groups excluding carboxylic acids is 2. The number of hydrogen-bond donors (Lipinski definition) is 2. The van der Waals surface area contributed by atoms with Crippen LogP contribution in [0.3, 0.4) is 0 Å². The van der Waals surface area contributed by atoms with Gasteiger partial charge in [-0.3, -0.25) is 4.79 Å². The third kappa shape index (κ3) is 6.46. The predicted molar refractivity (Wildman–Crippen MR) is 111 cm³/mol. The summed E-state index contributed by atoms with van der Waals surface area (Å²) in [5.74, 6) is -0.0669. The van der Waals surface area contributed by atoms with Gasteiger partial charge in [-0.25, -0.2) is 4.79 Å². The highest BCUT2D eigenvalue weighted by atomic mass is 16.6. The highest BCUT2D eigenvalue weighted by Gasteiger charge is 2.14. The minimum absolute atomic E-state index is 0.183. The molecule has 0 saturated heterocycles. The van der Waals surface area contributed by atoms with Gasteiger partial charge in [0.05, 0.1) is 24.9 Å². The first-order valence-corrected chi connectivity index (χ1v) is 8.90. The lowest BCUT2D eigenvalue weighted by molar-refractivity contribution is -0.148. The highest BCUT2D eigenvalue weighted by molar-refractivity contribution is 5.96. The van der Waals surface area contributed by atoms with E-state index in [9.17, 15) is 9.59 Å².